The van der Waals surface area contributed by atoms with Gasteiger partial charge in [-0.2, -0.15) is 0 Å². The van der Waals surface area contributed by atoms with Gasteiger partial charge in [0.1, 0.15) is 0 Å². The van der Waals surface area contributed by atoms with E-state index in [1.807, 2.05) is 61.5 Å². The van der Waals surface area contributed by atoms with Crippen LogP contribution in [0.5, 0.6) is 11.5 Å². The molecule has 1 amide bonds. The molecule has 3 rings (SSSR count). The largest absolute Gasteiger partial charge is 0.493 e. The summed E-state index contributed by atoms with van der Waals surface area (Å²) in [4.78, 5) is 14.8. The first-order chi connectivity index (χ1) is 15.1. The molecule has 1 aliphatic heterocycles. The van der Waals surface area contributed by atoms with Gasteiger partial charge < -0.3 is 19.5 Å². The number of hydrogen-bond donors (Lipinski definition) is 1. The molecule has 1 saturated heterocycles. The number of amides is 1. The van der Waals surface area contributed by atoms with E-state index in [1.54, 1.807) is 7.11 Å². The molecule has 2 aromatic carbocycles. The van der Waals surface area contributed by atoms with Crippen LogP contribution in [0.25, 0.3) is 6.08 Å². The zero-order valence-corrected chi connectivity index (χ0v) is 18.7. The molecule has 1 aliphatic rings. The highest BCUT2D eigenvalue weighted by atomic mass is 35.5. The number of carbonyl (C=O) groups excluding carboxylic acids is 1. The number of benzene rings is 2. The van der Waals surface area contributed by atoms with E-state index in [4.69, 9.17) is 25.8 Å². The predicted octanol–water partition coefficient (Wildman–Crippen LogP) is 3.95. The number of rotatable bonds is 9. The summed E-state index contributed by atoms with van der Waals surface area (Å²) in [7, 11) is 1.58. The lowest BCUT2D eigenvalue weighted by Gasteiger charge is -2.35. The summed E-state index contributed by atoms with van der Waals surface area (Å²) >= 11 is 6.05. The molecule has 0 aromatic heterocycles. The van der Waals surface area contributed by atoms with Gasteiger partial charge in [0.2, 0.25) is 0 Å². The third kappa shape index (κ3) is 6.72. The molecule has 1 fully saturated rings. The van der Waals surface area contributed by atoms with Crippen LogP contribution in [-0.2, 0) is 9.53 Å². The minimum Gasteiger partial charge on any atom is -0.493 e. The Bertz CT molecular complexity index is 880. The Hall–Kier alpha value is -2.54. The zero-order chi connectivity index (χ0) is 22.1. The average molecular weight is 445 g/mol. The third-order valence-electron chi connectivity index (χ3n) is 5.14. The van der Waals surface area contributed by atoms with E-state index >= 15 is 0 Å². The van der Waals surface area contributed by atoms with Crippen molar-refractivity contribution < 1.29 is 19.0 Å². The van der Waals surface area contributed by atoms with E-state index in [0.717, 1.165) is 24.2 Å². The summed E-state index contributed by atoms with van der Waals surface area (Å²) in [5.74, 6) is 0.941. The van der Waals surface area contributed by atoms with E-state index in [2.05, 4.69) is 10.2 Å². The Balaban J connectivity index is 1.60. The molecule has 1 unspecified atom stereocenters. The number of halogens is 1. The first kappa shape index (κ1) is 23.1. The monoisotopic (exact) mass is 444 g/mol. The van der Waals surface area contributed by atoms with E-state index in [0.29, 0.717) is 36.3 Å². The Morgan fingerprint density at radius 1 is 1.19 bits per heavy atom. The maximum atomic E-state index is 12.5. The van der Waals surface area contributed by atoms with E-state index in [9.17, 15) is 4.79 Å². The summed E-state index contributed by atoms with van der Waals surface area (Å²) in [6, 6.07) is 13.4. The van der Waals surface area contributed by atoms with E-state index in [1.165, 1.54) is 0 Å². The molecule has 0 radical (unpaired) electrons. The summed E-state index contributed by atoms with van der Waals surface area (Å²) in [5, 5.41) is 3.69. The van der Waals surface area contributed by atoms with Gasteiger partial charge in [0, 0.05) is 24.7 Å². The third-order valence-corrected chi connectivity index (χ3v) is 5.39. The van der Waals surface area contributed by atoms with Gasteiger partial charge >= 0.3 is 0 Å². The van der Waals surface area contributed by atoms with Gasteiger partial charge in [-0.25, -0.2) is 0 Å². The van der Waals surface area contributed by atoms with Crippen LogP contribution < -0.4 is 14.8 Å². The summed E-state index contributed by atoms with van der Waals surface area (Å²) < 4.78 is 16.6. The van der Waals surface area contributed by atoms with Crippen molar-refractivity contribution >= 4 is 23.6 Å². The van der Waals surface area contributed by atoms with Gasteiger partial charge in [0.05, 0.1) is 26.4 Å². The Morgan fingerprint density at radius 3 is 2.61 bits per heavy atom. The van der Waals surface area contributed by atoms with Gasteiger partial charge in [-0.1, -0.05) is 42.0 Å². The average Bonchev–Trinajstić information content (AvgIpc) is 2.80. The summed E-state index contributed by atoms with van der Waals surface area (Å²) in [6.07, 6.45) is 3.93. The van der Waals surface area contributed by atoms with Crippen molar-refractivity contribution in [2.24, 2.45) is 0 Å². The maximum absolute atomic E-state index is 12.5. The Labute approximate surface area is 188 Å². The molecule has 31 heavy (non-hydrogen) atoms. The molecule has 7 heteroatoms. The van der Waals surface area contributed by atoms with Crippen molar-refractivity contribution in [2.45, 2.75) is 13.0 Å². The molecule has 0 aliphatic carbocycles. The number of nitrogens with zero attached hydrogens (tertiary/aromatic N) is 1. The number of allylic oxidation sites excluding steroid dienone is 1. The lowest BCUT2D eigenvalue weighted by molar-refractivity contribution is -0.123. The fraction of sp³-hybridized carbons (Fsp3) is 0.375. The Morgan fingerprint density at radius 2 is 1.94 bits per heavy atom. The summed E-state index contributed by atoms with van der Waals surface area (Å²) in [6.45, 7) is 5.34. The highest BCUT2D eigenvalue weighted by molar-refractivity contribution is 6.30. The molecule has 2 aromatic rings. The predicted molar refractivity (Wildman–Crippen MR) is 123 cm³/mol. The molecular weight excluding hydrogens is 416 g/mol. The number of nitrogens with one attached hydrogen (secondary N) is 1. The zero-order valence-electron chi connectivity index (χ0n) is 18.0. The van der Waals surface area contributed by atoms with Crippen LogP contribution in [0.1, 0.15) is 24.1 Å². The summed E-state index contributed by atoms with van der Waals surface area (Å²) in [5.41, 5.74) is 2.11. The van der Waals surface area contributed by atoms with Crippen molar-refractivity contribution in [3.05, 3.63) is 64.7 Å². The van der Waals surface area contributed by atoms with Gasteiger partial charge in [-0.15, -0.1) is 0 Å². The quantitative estimate of drug-likeness (QED) is 0.634. The number of carbonyl (C=O) groups is 1. The van der Waals surface area contributed by atoms with Crippen molar-refractivity contribution in [3.63, 3.8) is 0 Å². The lowest BCUT2D eigenvalue weighted by Crippen LogP contribution is -2.44. The minimum atomic E-state index is -0.188. The van der Waals surface area contributed by atoms with Gasteiger partial charge in [0.15, 0.2) is 18.1 Å². The van der Waals surface area contributed by atoms with Crippen molar-refractivity contribution in [2.75, 3.05) is 46.6 Å². The number of hydrogen-bond acceptors (Lipinski definition) is 5. The Kier molecular flexibility index (Phi) is 8.76. The van der Waals surface area contributed by atoms with Crippen LogP contribution >= 0.6 is 11.6 Å². The van der Waals surface area contributed by atoms with E-state index < -0.39 is 0 Å². The van der Waals surface area contributed by atoms with Crippen LogP contribution in [-0.4, -0.2) is 57.4 Å². The van der Waals surface area contributed by atoms with E-state index in [-0.39, 0.29) is 18.6 Å². The second-order valence-electron chi connectivity index (χ2n) is 7.22. The first-order valence-corrected chi connectivity index (χ1v) is 10.8. The topological polar surface area (TPSA) is 60.0 Å². The standard InChI is InChI=1S/C24H29ClN2O4/c1-3-4-18-5-10-22(23(15-18)29-2)31-17-24(28)26-16-21(27-11-13-30-14-12-27)19-6-8-20(25)9-7-19/h3-10,15,21H,11-14,16-17H2,1-2H3,(H,26,28)/b4-3+. The molecular formula is C24H29ClN2O4. The van der Waals surface area contributed by atoms with Gasteiger partial charge in [-0.3, -0.25) is 9.69 Å². The van der Waals surface area contributed by atoms with Crippen LogP contribution in [0, 0.1) is 0 Å². The molecule has 0 bridgehead atoms. The van der Waals surface area contributed by atoms with Crippen LogP contribution in [0.2, 0.25) is 5.02 Å². The second kappa shape index (κ2) is 11.7. The second-order valence-corrected chi connectivity index (χ2v) is 7.66. The fourth-order valence-electron chi connectivity index (χ4n) is 3.54. The molecule has 6 nitrogen and oxygen atoms in total. The minimum absolute atomic E-state index is 0.0415. The lowest BCUT2D eigenvalue weighted by atomic mass is 10.0. The first-order valence-electron chi connectivity index (χ1n) is 10.4. The fourth-order valence-corrected chi connectivity index (χ4v) is 3.66. The van der Waals surface area contributed by atoms with Gasteiger partial charge in [-0.05, 0) is 42.3 Å². The molecule has 0 saturated carbocycles. The maximum Gasteiger partial charge on any atom is 0.258 e. The number of methoxy groups -OCH3 is 1. The molecule has 1 atom stereocenters. The normalized spacial score (nSPS) is 15.6. The number of ether oxygens (including phenoxy) is 3. The van der Waals surface area contributed by atoms with Crippen LogP contribution in [0.15, 0.2) is 48.5 Å². The van der Waals surface area contributed by atoms with Crippen molar-refractivity contribution in [3.8, 4) is 11.5 Å². The molecule has 0 spiro atoms. The van der Waals surface area contributed by atoms with Gasteiger partial charge in [0.25, 0.3) is 5.91 Å². The van der Waals surface area contributed by atoms with Crippen molar-refractivity contribution in [1.82, 2.24) is 10.2 Å². The van der Waals surface area contributed by atoms with Crippen molar-refractivity contribution in [1.29, 1.82) is 0 Å². The smallest absolute Gasteiger partial charge is 0.258 e. The molecule has 1 N–H and O–H groups in total. The van der Waals surface area contributed by atoms with Crippen LogP contribution in [0.3, 0.4) is 0 Å². The number of morpholine rings is 1. The van der Waals surface area contributed by atoms with Crippen LogP contribution in [0.4, 0.5) is 0 Å². The SMILES string of the molecule is C/C=C/c1ccc(OCC(=O)NCC(c2ccc(Cl)cc2)N2CCOCC2)c(OC)c1. The molecule has 166 valence electrons. The molecule has 1 heterocycles. The highest BCUT2D eigenvalue weighted by Gasteiger charge is 2.23. The highest BCUT2D eigenvalue weighted by Crippen LogP contribution is 2.28.